The number of hydrogen-bond donors (Lipinski definition) is 2. The average Bonchev–Trinajstić information content (AvgIpc) is 2.37. The van der Waals surface area contributed by atoms with E-state index in [1.807, 2.05) is 13.8 Å². The Hall–Kier alpha value is -2.08. The molecular formula is C14H20N2O4. The number of ether oxygens (including phenoxy) is 2. The first kappa shape index (κ1) is 16.0. The molecule has 1 aromatic carbocycles. The zero-order chi connectivity index (χ0) is 15.1. The zero-order valence-corrected chi connectivity index (χ0v) is 12.1. The van der Waals surface area contributed by atoms with Crippen LogP contribution in [-0.4, -0.2) is 31.6 Å². The quantitative estimate of drug-likeness (QED) is 0.835. The molecule has 0 bridgehead atoms. The molecule has 0 saturated heterocycles. The molecular weight excluding hydrogens is 260 g/mol. The summed E-state index contributed by atoms with van der Waals surface area (Å²) in [6.07, 6.45) is -0.00238. The molecule has 1 aromatic rings. The Labute approximate surface area is 118 Å². The van der Waals surface area contributed by atoms with Gasteiger partial charge in [-0.1, -0.05) is 0 Å². The summed E-state index contributed by atoms with van der Waals surface area (Å²) in [5, 5.41) is 5.34. The van der Waals surface area contributed by atoms with E-state index in [2.05, 4.69) is 10.6 Å². The number of hydrogen-bond acceptors (Lipinski definition) is 4. The lowest BCUT2D eigenvalue weighted by molar-refractivity contribution is -0.122. The van der Waals surface area contributed by atoms with Crippen molar-refractivity contribution >= 4 is 23.2 Å². The van der Waals surface area contributed by atoms with Gasteiger partial charge in [-0.3, -0.25) is 9.59 Å². The monoisotopic (exact) mass is 280 g/mol. The molecule has 0 spiro atoms. The third kappa shape index (κ3) is 5.27. The van der Waals surface area contributed by atoms with Crippen LogP contribution in [0.4, 0.5) is 11.4 Å². The fourth-order valence-electron chi connectivity index (χ4n) is 1.50. The summed E-state index contributed by atoms with van der Waals surface area (Å²) in [6.45, 7) is 5.13. The molecule has 0 unspecified atom stereocenters. The predicted octanol–water partition coefficient (Wildman–Crippen LogP) is 2.02. The minimum Gasteiger partial charge on any atom is -0.494 e. The molecule has 2 amide bonds. The van der Waals surface area contributed by atoms with E-state index in [-0.39, 0.29) is 24.5 Å². The number of amides is 2. The second-order valence-electron chi connectivity index (χ2n) is 4.50. The number of benzene rings is 1. The highest BCUT2D eigenvalue weighted by Crippen LogP contribution is 2.27. The summed E-state index contributed by atoms with van der Waals surface area (Å²) >= 11 is 0. The summed E-state index contributed by atoms with van der Waals surface area (Å²) in [5.41, 5.74) is 1.13. The molecule has 0 aliphatic heterocycles. The normalized spacial score (nSPS) is 10.2. The number of nitrogens with one attached hydrogen (secondary N) is 2. The molecule has 0 aliphatic rings. The van der Waals surface area contributed by atoms with Crippen LogP contribution in [0.15, 0.2) is 18.2 Å². The van der Waals surface area contributed by atoms with Gasteiger partial charge in [0.05, 0.1) is 18.9 Å². The highest BCUT2D eigenvalue weighted by molar-refractivity contribution is 5.94. The van der Waals surface area contributed by atoms with E-state index in [0.717, 1.165) is 0 Å². The summed E-state index contributed by atoms with van der Waals surface area (Å²) in [7, 11) is 1.49. The van der Waals surface area contributed by atoms with E-state index in [9.17, 15) is 9.59 Å². The first-order chi connectivity index (χ1) is 9.42. The Balaban J connectivity index is 2.72. The molecule has 0 radical (unpaired) electrons. The Morgan fingerprint density at radius 1 is 1.25 bits per heavy atom. The molecule has 0 heterocycles. The number of methoxy groups -OCH3 is 1. The molecule has 0 aromatic heterocycles. The van der Waals surface area contributed by atoms with Gasteiger partial charge in [-0.15, -0.1) is 0 Å². The summed E-state index contributed by atoms with van der Waals surface area (Å²) in [5.74, 6) is 0.0428. The SMILES string of the molecule is COc1cc(NC(=O)COC(C)C)ccc1NC(C)=O. The van der Waals surface area contributed by atoms with E-state index in [1.54, 1.807) is 18.2 Å². The van der Waals surface area contributed by atoms with Crippen LogP contribution in [0.1, 0.15) is 20.8 Å². The number of carbonyl (C=O) groups excluding carboxylic acids is 2. The molecule has 0 saturated carbocycles. The van der Waals surface area contributed by atoms with E-state index in [0.29, 0.717) is 17.1 Å². The zero-order valence-electron chi connectivity index (χ0n) is 12.1. The van der Waals surface area contributed by atoms with Crippen LogP contribution in [0.5, 0.6) is 5.75 Å². The van der Waals surface area contributed by atoms with Crippen molar-refractivity contribution in [3.05, 3.63) is 18.2 Å². The van der Waals surface area contributed by atoms with Gasteiger partial charge in [0.25, 0.3) is 0 Å². The molecule has 110 valence electrons. The third-order valence-electron chi connectivity index (χ3n) is 2.34. The van der Waals surface area contributed by atoms with Crippen LogP contribution >= 0.6 is 0 Å². The maximum Gasteiger partial charge on any atom is 0.250 e. The lowest BCUT2D eigenvalue weighted by Gasteiger charge is -2.12. The lowest BCUT2D eigenvalue weighted by Crippen LogP contribution is -2.20. The first-order valence-corrected chi connectivity index (χ1v) is 6.29. The van der Waals surface area contributed by atoms with E-state index in [1.165, 1.54) is 14.0 Å². The highest BCUT2D eigenvalue weighted by atomic mass is 16.5. The topological polar surface area (TPSA) is 76.7 Å². The van der Waals surface area contributed by atoms with Crippen molar-refractivity contribution in [3.63, 3.8) is 0 Å². The maximum atomic E-state index is 11.6. The largest absolute Gasteiger partial charge is 0.494 e. The Bertz CT molecular complexity index is 486. The summed E-state index contributed by atoms with van der Waals surface area (Å²) in [6, 6.07) is 4.98. The van der Waals surface area contributed by atoms with E-state index < -0.39 is 0 Å². The van der Waals surface area contributed by atoms with Crippen molar-refractivity contribution in [2.75, 3.05) is 24.4 Å². The van der Waals surface area contributed by atoms with Crippen LogP contribution in [-0.2, 0) is 14.3 Å². The molecule has 6 heteroatoms. The Morgan fingerprint density at radius 3 is 2.50 bits per heavy atom. The van der Waals surface area contributed by atoms with Crippen LogP contribution < -0.4 is 15.4 Å². The highest BCUT2D eigenvalue weighted by Gasteiger charge is 2.08. The van der Waals surface area contributed by atoms with Crippen molar-refractivity contribution in [3.8, 4) is 5.75 Å². The van der Waals surface area contributed by atoms with Crippen molar-refractivity contribution in [2.45, 2.75) is 26.9 Å². The molecule has 1 rings (SSSR count). The smallest absolute Gasteiger partial charge is 0.250 e. The van der Waals surface area contributed by atoms with Gasteiger partial charge in [-0.2, -0.15) is 0 Å². The van der Waals surface area contributed by atoms with Crippen molar-refractivity contribution in [2.24, 2.45) is 0 Å². The molecule has 2 N–H and O–H groups in total. The maximum absolute atomic E-state index is 11.6. The van der Waals surface area contributed by atoms with Gasteiger partial charge < -0.3 is 20.1 Å². The molecule has 6 nitrogen and oxygen atoms in total. The van der Waals surface area contributed by atoms with Gasteiger partial charge in [-0.25, -0.2) is 0 Å². The summed E-state index contributed by atoms with van der Waals surface area (Å²) in [4.78, 5) is 22.7. The van der Waals surface area contributed by atoms with Gasteiger partial charge in [0.2, 0.25) is 11.8 Å². The molecule has 0 fully saturated rings. The fourth-order valence-corrected chi connectivity index (χ4v) is 1.50. The van der Waals surface area contributed by atoms with Crippen LogP contribution in [0, 0.1) is 0 Å². The third-order valence-corrected chi connectivity index (χ3v) is 2.34. The van der Waals surface area contributed by atoms with Crippen LogP contribution in [0.3, 0.4) is 0 Å². The average molecular weight is 280 g/mol. The minimum absolute atomic E-state index is 0.00238. The van der Waals surface area contributed by atoms with Gasteiger partial charge in [0.15, 0.2) is 0 Å². The first-order valence-electron chi connectivity index (χ1n) is 6.29. The van der Waals surface area contributed by atoms with Crippen LogP contribution in [0.25, 0.3) is 0 Å². The van der Waals surface area contributed by atoms with Gasteiger partial charge >= 0.3 is 0 Å². The van der Waals surface area contributed by atoms with Gasteiger partial charge in [0, 0.05) is 18.7 Å². The van der Waals surface area contributed by atoms with Gasteiger partial charge in [-0.05, 0) is 26.0 Å². The summed E-state index contributed by atoms with van der Waals surface area (Å²) < 4.78 is 10.4. The number of carbonyl (C=O) groups is 2. The van der Waals surface area contributed by atoms with Crippen LogP contribution in [0.2, 0.25) is 0 Å². The number of rotatable bonds is 6. The van der Waals surface area contributed by atoms with Crippen molar-refractivity contribution in [1.82, 2.24) is 0 Å². The van der Waals surface area contributed by atoms with Crippen molar-refractivity contribution < 1.29 is 19.1 Å². The van der Waals surface area contributed by atoms with Gasteiger partial charge in [0.1, 0.15) is 12.4 Å². The Kier molecular flexibility index (Phi) is 5.99. The second-order valence-corrected chi connectivity index (χ2v) is 4.50. The molecule has 0 atom stereocenters. The Morgan fingerprint density at radius 2 is 1.95 bits per heavy atom. The van der Waals surface area contributed by atoms with E-state index in [4.69, 9.17) is 9.47 Å². The fraction of sp³-hybridized carbons (Fsp3) is 0.429. The minimum atomic E-state index is -0.243. The predicted molar refractivity (Wildman–Crippen MR) is 77.0 cm³/mol. The number of anilines is 2. The van der Waals surface area contributed by atoms with Crippen molar-refractivity contribution in [1.29, 1.82) is 0 Å². The standard InChI is InChI=1S/C14H20N2O4/c1-9(2)20-8-14(18)16-11-5-6-12(15-10(3)17)13(7-11)19-4/h5-7,9H,8H2,1-4H3,(H,15,17)(H,16,18). The lowest BCUT2D eigenvalue weighted by atomic mass is 10.2. The molecule has 20 heavy (non-hydrogen) atoms. The molecule has 0 aliphatic carbocycles. The van der Waals surface area contributed by atoms with E-state index >= 15 is 0 Å². The second kappa shape index (κ2) is 7.49.